The van der Waals surface area contributed by atoms with Crippen molar-refractivity contribution in [1.29, 1.82) is 0 Å². The molecule has 2 aromatic rings. The van der Waals surface area contributed by atoms with Gasteiger partial charge >= 0.3 is 0 Å². The van der Waals surface area contributed by atoms with Crippen molar-refractivity contribution in [3.8, 4) is 0 Å². The maximum atomic E-state index is 9.86. The molecule has 0 bridgehead atoms. The van der Waals surface area contributed by atoms with Crippen molar-refractivity contribution in [2.45, 2.75) is 0 Å². The van der Waals surface area contributed by atoms with Gasteiger partial charge in [0, 0.05) is 6.07 Å². The lowest BCUT2D eigenvalue weighted by molar-refractivity contribution is 0.561. The summed E-state index contributed by atoms with van der Waals surface area (Å²) in [6, 6.07) is 1.54. The summed E-state index contributed by atoms with van der Waals surface area (Å²) in [7, 11) is 0. The normalized spacial score (nSPS) is 9.67. The molecule has 12 heavy (non-hydrogen) atoms. The van der Waals surface area contributed by atoms with Crippen LogP contribution in [0.15, 0.2) is 28.0 Å². The third-order valence-electron chi connectivity index (χ3n) is 1.34. The largest absolute Gasteiger partial charge is 0.434 e. The lowest BCUT2D eigenvalue weighted by Gasteiger charge is -1.80. The van der Waals surface area contributed by atoms with Crippen LogP contribution in [0, 0.1) is 0 Å². The summed E-state index contributed by atoms with van der Waals surface area (Å²) in [6.07, 6.45) is 4.28. The van der Waals surface area contributed by atoms with E-state index in [1.165, 1.54) is 18.6 Å². The van der Waals surface area contributed by atoms with E-state index in [9.17, 15) is 4.79 Å². The first-order valence-electron chi connectivity index (χ1n) is 3.17. The minimum atomic E-state index is 0.195. The van der Waals surface area contributed by atoms with Gasteiger partial charge in [0.25, 0.3) is 0 Å². The Bertz CT molecular complexity index is 423. The zero-order valence-electron chi connectivity index (χ0n) is 5.89. The second kappa shape index (κ2) is 2.56. The highest BCUT2D eigenvalue weighted by Crippen LogP contribution is 2.21. The van der Waals surface area contributed by atoms with Gasteiger partial charge in [-0.15, -0.1) is 4.99 Å². The van der Waals surface area contributed by atoms with Crippen molar-refractivity contribution in [3.63, 3.8) is 0 Å². The van der Waals surface area contributed by atoms with Crippen molar-refractivity contribution >= 4 is 23.1 Å². The number of nitrogens with zero attached hydrogens (tertiary/aromatic N) is 3. The minimum Gasteiger partial charge on any atom is -0.434 e. The van der Waals surface area contributed by atoms with Crippen LogP contribution in [-0.2, 0) is 4.79 Å². The number of aliphatic imine (C=N–C) groups is 1. The zero-order valence-corrected chi connectivity index (χ0v) is 5.89. The van der Waals surface area contributed by atoms with Crippen molar-refractivity contribution < 1.29 is 9.21 Å². The fourth-order valence-corrected chi connectivity index (χ4v) is 0.873. The van der Waals surface area contributed by atoms with Crippen molar-refractivity contribution in [2.24, 2.45) is 4.99 Å². The Balaban J connectivity index is 2.69. The van der Waals surface area contributed by atoms with E-state index >= 15 is 0 Å². The van der Waals surface area contributed by atoms with Crippen molar-refractivity contribution in [3.05, 3.63) is 18.6 Å². The molecule has 0 radical (unpaired) electrons. The Morgan fingerprint density at radius 1 is 1.58 bits per heavy atom. The Morgan fingerprint density at radius 2 is 2.50 bits per heavy atom. The SMILES string of the molecule is O=C=Nc1cc2ncncc2o1. The van der Waals surface area contributed by atoms with Crippen LogP contribution < -0.4 is 0 Å². The molecule has 0 spiro atoms. The molecule has 0 amide bonds. The van der Waals surface area contributed by atoms with E-state index in [-0.39, 0.29) is 5.88 Å². The van der Waals surface area contributed by atoms with E-state index in [0.29, 0.717) is 11.1 Å². The van der Waals surface area contributed by atoms with Gasteiger partial charge < -0.3 is 4.42 Å². The molecule has 0 aliphatic rings. The first kappa shape index (κ1) is 6.69. The molecule has 0 saturated carbocycles. The third kappa shape index (κ3) is 0.980. The number of isocyanates is 1. The number of furan rings is 1. The third-order valence-corrected chi connectivity index (χ3v) is 1.34. The quantitative estimate of drug-likeness (QED) is 0.465. The molecular formula is C7H3N3O2. The second-order valence-electron chi connectivity index (χ2n) is 2.06. The van der Waals surface area contributed by atoms with Crippen LogP contribution in [0.5, 0.6) is 0 Å². The summed E-state index contributed by atoms with van der Waals surface area (Å²) in [6.45, 7) is 0. The summed E-state index contributed by atoms with van der Waals surface area (Å²) in [4.78, 5) is 20.8. The minimum absolute atomic E-state index is 0.195. The second-order valence-corrected chi connectivity index (χ2v) is 2.06. The van der Waals surface area contributed by atoms with Gasteiger partial charge in [-0.3, -0.25) is 0 Å². The lowest BCUT2D eigenvalue weighted by atomic mass is 10.5. The maximum Gasteiger partial charge on any atom is 0.243 e. The van der Waals surface area contributed by atoms with E-state index in [0.717, 1.165) is 0 Å². The first-order valence-corrected chi connectivity index (χ1v) is 3.17. The monoisotopic (exact) mass is 161 g/mol. The molecule has 2 aromatic heterocycles. The van der Waals surface area contributed by atoms with Gasteiger partial charge in [-0.1, -0.05) is 0 Å². The molecular weight excluding hydrogens is 158 g/mol. The lowest BCUT2D eigenvalue weighted by Crippen LogP contribution is -1.72. The molecule has 2 heterocycles. The van der Waals surface area contributed by atoms with Crippen molar-refractivity contribution in [1.82, 2.24) is 9.97 Å². The topological polar surface area (TPSA) is 68.3 Å². The highest BCUT2D eigenvalue weighted by atomic mass is 16.3. The Labute approximate surface area is 66.8 Å². The highest BCUT2D eigenvalue weighted by molar-refractivity contribution is 5.75. The maximum absolute atomic E-state index is 9.86. The van der Waals surface area contributed by atoms with Gasteiger partial charge in [0.1, 0.15) is 11.8 Å². The van der Waals surface area contributed by atoms with Gasteiger partial charge in [0.15, 0.2) is 5.58 Å². The van der Waals surface area contributed by atoms with Crippen LogP contribution in [0.4, 0.5) is 5.88 Å². The average molecular weight is 161 g/mol. The smallest absolute Gasteiger partial charge is 0.243 e. The molecule has 5 heteroatoms. The van der Waals surface area contributed by atoms with Crippen molar-refractivity contribution in [2.75, 3.05) is 0 Å². The number of fused-ring (bicyclic) bond motifs is 1. The van der Waals surface area contributed by atoms with Gasteiger partial charge in [-0.05, 0) is 0 Å². The standard InChI is InChI=1S/C7H3N3O2/c11-4-10-7-1-5-6(12-7)2-8-3-9-5/h1-3H. The molecule has 0 unspecified atom stereocenters. The molecule has 0 saturated heterocycles. The van der Waals surface area contributed by atoms with E-state index in [2.05, 4.69) is 15.0 Å². The number of rotatable bonds is 1. The fourth-order valence-electron chi connectivity index (χ4n) is 0.873. The van der Waals surface area contributed by atoms with Gasteiger partial charge in [0.2, 0.25) is 12.0 Å². The van der Waals surface area contributed by atoms with E-state index in [4.69, 9.17) is 4.42 Å². The predicted molar refractivity (Wildman–Crippen MR) is 39.6 cm³/mol. The predicted octanol–water partition coefficient (Wildman–Crippen LogP) is 1.19. The fraction of sp³-hybridized carbons (Fsp3) is 0. The molecule has 0 aliphatic carbocycles. The number of carbonyl (C=O) groups excluding carboxylic acids is 1. The van der Waals surface area contributed by atoms with E-state index < -0.39 is 0 Å². The Hall–Kier alpha value is -2.00. The Morgan fingerprint density at radius 3 is 3.25 bits per heavy atom. The number of aromatic nitrogens is 2. The van der Waals surface area contributed by atoms with Crippen LogP contribution in [0.3, 0.4) is 0 Å². The first-order chi connectivity index (χ1) is 5.90. The van der Waals surface area contributed by atoms with E-state index in [1.54, 1.807) is 6.07 Å². The van der Waals surface area contributed by atoms with Crippen LogP contribution >= 0.6 is 0 Å². The summed E-state index contributed by atoms with van der Waals surface area (Å²) in [5.74, 6) is 0.195. The molecule has 58 valence electrons. The molecule has 0 aromatic carbocycles. The average Bonchev–Trinajstić information content (AvgIpc) is 2.47. The van der Waals surface area contributed by atoms with Crippen LogP contribution in [-0.4, -0.2) is 16.0 Å². The van der Waals surface area contributed by atoms with Gasteiger partial charge in [-0.25, -0.2) is 14.8 Å². The van der Waals surface area contributed by atoms with Gasteiger partial charge in [0.05, 0.1) is 6.20 Å². The van der Waals surface area contributed by atoms with Gasteiger partial charge in [-0.2, -0.15) is 0 Å². The molecule has 0 aliphatic heterocycles. The van der Waals surface area contributed by atoms with Crippen LogP contribution in [0.25, 0.3) is 11.1 Å². The van der Waals surface area contributed by atoms with E-state index in [1.807, 2.05) is 0 Å². The summed E-state index contributed by atoms with van der Waals surface area (Å²) >= 11 is 0. The molecule has 0 atom stereocenters. The Kier molecular flexibility index (Phi) is 1.43. The summed E-state index contributed by atoms with van der Waals surface area (Å²) in [5.41, 5.74) is 1.13. The zero-order chi connectivity index (χ0) is 8.39. The molecule has 5 nitrogen and oxygen atoms in total. The highest BCUT2D eigenvalue weighted by Gasteiger charge is 2.01. The van der Waals surface area contributed by atoms with Crippen LogP contribution in [0.2, 0.25) is 0 Å². The summed E-state index contributed by atoms with van der Waals surface area (Å²) < 4.78 is 5.05. The molecule has 2 rings (SSSR count). The molecule has 0 N–H and O–H groups in total. The molecule has 0 fully saturated rings. The van der Waals surface area contributed by atoms with Crippen LogP contribution in [0.1, 0.15) is 0 Å². The summed E-state index contributed by atoms with van der Waals surface area (Å²) in [5, 5.41) is 0. The number of hydrogen-bond donors (Lipinski definition) is 0. The number of hydrogen-bond acceptors (Lipinski definition) is 5.